The molecule has 0 aromatic heterocycles. The van der Waals surface area contributed by atoms with Gasteiger partial charge in [0, 0.05) is 12.6 Å². The van der Waals surface area contributed by atoms with E-state index in [1.54, 1.807) is 6.92 Å². The van der Waals surface area contributed by atoms with Crippen molar-refractivity contribution in [3.63, 3.8) is 0 Å². The van der Waals surface area contributed by atoms with Crippen LogP contribution in [-0.2, 0) is 9.53 Å². The molecule has 3 N–H and O–H groups in total. The van der Waals surface area contributed by atoms with Gasteiger partial charge in [0.05, 0.1) is 5.54 Å². The smallest absolute Gasteiger partial charge is 0.261 e. The first-order chi connectivity index (χ1) is 7.44. The van der Waals surface area contributed by atoms with Crippen LogP contribution in [0.3, 0.4) is 0 Å². The quantitative estimate of drug-likeness (QED) is 0.608. The molecule has 16 heavy (non-hydrogen) atoms. The van der Waals surface area contributed by atoms with Crippen molar-refractivity contribution >= 4 is 5.91 Å². The molecule has 0 heterocycles. The predicted molar refractivity (Wildman–Crippen MR) is 55.2 cm³/mol. The lowest BCUT2D eigenvalue weighted by Gasteiger charge is -2.27. The highest BCUT2D eigenvalue weighted by atomic mass is 19.3. The van der Waals surface area contributed by atoms with Gasteiger partial charge in [-0.15, -0.1) is 0 Å². The third kappa shape index (κ3) is 4.40. The van der Waals surface area contributed by atoms with Crippen molar-refractivity contribution in [3.8, 4) is 0 Å². The number of nitrogens with one attached hydrogen (secondary N) is 1. The Labute approximate surface area is 93.5 Å². The SMILES string of the molecule is CC(CCOCC(F)F)(NC1CC1)C(N)=O. The van der Waals surface area contributed by atoms with E-state index in [0.29, 0.717) is 12.5 Å². The summed E-state index contributed by atoms with van der Waals surface area (Å²) in [4.78, 5) is 11.3. The van der Waals surface area contributed by atoms with E-state index in [1.807, 2.05) is 0 Å². The van der Waals surface area contributed by atoms with Gasteiger partial charge in [0.2, 0.25) is 5.91 Å². The normalized spacial score (nSPS) is 19.8. The second-order valence-electron chi connectivity index (χ2n) is 4.33. The van der Waals surface area contributed by atoms with Gasteiger partial charge in [0.15, 0.2) is 0 Å². The van der Waals surface area contributed by atoms with Gasteiger partial charge in [-0.3, -0.25) is 4.79 Å². The summed E-state index contributed by atoms with van der Waals surface area (Å²) in [5, 5.41) is 3.11. The Morgan fingerprint density at radius 2 is 2.25 bits per heavy atom. The van der Waals surface area contributed by atoms with Crippen molar-refractivity contribution in [3.05, 3.63) is 0 Å². The topological polar surface area (TPSA) is 64.3 Å². The van der Waals surface area contributed by atoms with Crippen molar-refractivity contribution in [2.45, 2.75) is 44.2 Å². The number of alkyl halides is 2. The molecule has 1 aliphatic carbocycles. The third-order valence-corrected chi connectivity index (χ3v) is 2.63. The average molecular weight is 236 g/mol. The van der Waals surface area contributed by atoms with Crippen LogP contribution in [0.2, 0.25) is 0 Å². The van der Waals surface area contributed by atoms with E-state index >= 15 is 0 Å². The van der Waals surface area contributed by atoms with Crippen LogP contribution in [0.4, 0.5) is 8.78 Å². The fourth-order valence-electron chi connectivity index (χ4n) is 1.39. The summed E-state index contributed by atoms with van der Waals surface area (Å²) < 4.78 is 28.3. The van der Waals surface area contributed by atoms with Crippen LogP contribution in [0, 0.1) is 0 Å². The Morgan fingerprint density at radius 3 is 2.69 bits per heavy atom. The highest BCUT2D eigenvalue weighted by Crippen LogP contribution is 2.24. The summed E-state index contributed by atoms with van der Waals surface area (Å²) in [5.74, 6) is -0.472. The number of carbonyl (C=O) groups excluding carboxylic acids is 1. The van der Waals surface area contributed by atoms with Gasteiger partial charge in [-0.05, 0) is 26.2 Å². The van der Waals surface area contributed by atoms with Gasteiger partial charge in [-0.1, -0.05) is 0 Å². The van der Waals surface area contributed by atoms with Crippen LogP contribution in [0.25, 0.3) is 0 Å². The molecule has 1 rings (SSSR count). The van der Waals surface area contributed by atoms with E-state index in [1.165, 1.54) is 0 Å². The van der Waals surface area contributed by atoms with Crippen LogP contribution >= 0.6 is 0 Å². The number of ether oxygens (including phenoxy) is 1. The molecular weight excluding hydrogens is 218 g/mol. The number of amides is 1. The fourth-order valence-corrected chi connectivity index (χ4v) is 1.39. The number of hydrogen-bond donors (Lipinski definition) is 2. The number of carbonyl (C=O) groups is 1. The molecule has 1 unspecified atom stereocenters. The Bertz CT molecular complexity index is 247. The Hall–Kier alpha value is -0.750. The first-order valence-electron chi connectivity index (χ1n) is 5.37. The van der Waals surface area contributed by atoms with E-state index in [2.05, 4.69) is 5.32 Å². The van der Waals surface area contributed by atoms with Gasteiger partial charge in [0.1, 0.15) is 6.61 Å². The van der Waals surface area contributed by atoms with E-state index < -0.39 is 24.5 Å². The van der Waals surface area contributed by atoms with Crippen LogP contribution in [0.1, 0.15) is 26.2 Å². The minimum atomic E-state index is -2.48. The molecular formula is C10H18F2N2O2. The molecule has 4 nitrogen and oxygen atoms in total. The van der Waals surface area contributed by atoms with E-state index in [4.69, 9.17) is 10.5 Å². The second-order valence-corrected chi connectivity index (χ2v) is 4.33. The summed E-state index contributed by atoms with van der Waals surface area (Å²) in [6.07, 6.45) is -0.108. The van der Waals surface area contributed by atoms with Crippen molar-refractivity contribution in [2.24, 2.45) is 5.73 Å². The van der Waals surface area contributed by atoms with Gasteiger partial charge in [0.25, 0.3) is 6.43 Å². The lowest BCUT2D eigenvalue weighted by atomic mass is 9.97. The number of hydrogen-bond acceptors (Lipinski definition) is 3. The fraction of sp³-hybridized carbons (Fsp3) is 0.900. The van der Waals surface area contributed by atoms with Crippen molar-refractivity contribution in [2.75, 3.05) is 13.2 Å². The standard InChI is InChI=1S/C10H18F2N2O2/c1-10(9(13)15,14-7-2-3-7)4-5-16-6-8(11)12/h7-8,14H,2-6H2,1H3,(H2,13,15). The molecule has 1 saturated carbocycles. The predicted octanol–water partition coefficient (Wildman–Crippen LogP) is 0.654. The number of nitrogens with two attached hydrogens (primary N) is 1. The third-order valence-electron chi connectivity index (χ3n) is 2.63. The van der Waals surface area contributed by atoms with Gasteiger partial charge in [-0.25, -0.2) is 8.78 Å². The molecule has 1 amide bonds. The van der Waals surface area contributed by atoms with Gasteiger partial charge in [-0.2, -0.15) is 0 Å². The zero-order chi connectivity index (χ0) is 12.2. The minimum absolute atomic E-state index is 0.101. The molecule has 0 saturated heterocycles. The molecule has 1 atom stereocenters. The first kappa shape index (κ1) is 13.3. The van der Waals surface area contributed by atoms with Gasteiger partial charge >= 0.3 is 0 Å². The maximum absolute atomic E-state index is 11.8. The molecule has 0 aliphatic heterocycles. The highest BCUT2D eigenvalue weighted by Gasteiger charge is 2.36. The molecule has 0 radical (unpaired) electrons. The first-order valence-corrected chi connectivity index (χ1v) is 5.37. The average Bonchev–Trinajstić information content (AvgIpc) is 2.96. The summed E-state index contributed by atoms with van der Waals surface area (Å²) in [5.41, 5.74) is 4.43. The largest absolute Gasteiger partial charge is 0.375 e. The molecule has 94 valence electrons. The number of rotatable bonds is 8. The molecule has 6 heteroatoms. The van der Waals surface area contributed by atoms with Crippen LogP contribution in [-0.4, -0.2) is 37.1 Å². The Kier molecular flexibility index (Phi) is 4.61. The van der Waals surface area contributed by atoms with Crippen LogP contribution in [0.15, 0.2) is 0 Å². The molecule has 1 fully saturated rings. The maximum Gasteiger partial charge on any atom is 0.261 e. The van der Waals surface area contributed by atoms with Gasteiger partial charge < -0.3 is 15.8 Å². The van der Waals surface area contributed by atoms with E-state index in [0.717, 1.165) is 12.8 Å². The van der Waals surface area contributed by atoms with Crippen molar-refractivity contribution in [1.29, 1.82) is 0 Å². The summed E-state index contributed by atoms with van der Waals surface area (Å²) in [6.45, 7) is 1.18. The number of primary amides is 1. The number of halogens is 2. The monoisotopic (exact) mass is 236 g/mol. The zero-order valence-electron chi connectivity index (χ0n) is 9.34. The summed E-state index contributed by atoms with van der Waals surface area (Å²) in [7, 11) is 0. The minimum Gasteiger partial charge on any atom is -0.375 e. The van der Waals surface area contributed by atoms with Crippen molar-refractivity contribution in [1.82, 2.24) is 5.32 Å². The molecule has 0 aromatic rings. The highest BCUT2D eigenvalue weighted by molar-refractivity contribution is 5.84. The van der Waals surface area contributed by atoms with Crippen molar-refractivity contribution < 1.29 is 18.3 Å². The van der Waals surface area contributed by atoms with Crippen LogP contribution in [0.5, 0.6) is 0 Å². The Morgan fingerprint density at radius 1 is 1.62 bits per heavy atom. The van der Waals surface area contributed by atoms with Crippen LogP contribution < -0.4 is 11.1 Å². The molecule has 1 aliphatic rings. The lowest BCUT2D eigenvalue weighted by Crippen LogP contribution is -2.54. The summed E-state index contributed by atoms with van der Waals surface area (Å²) in [6, 6.07) is 0.326. The molecule has 0 aromatic carbocycles. The zero-order valence-corrected chi connectivity index (χ0v) is 9.34. The van der Waals surface area contributed by atoms with E-state index in [9.17, 15) is 13.6 Å². The molecule has 0 bridgehead atoms. The van der Waals surface area contributed by atoms with E-state index in [-0.39, 0.29) is 6.61 Å². The second kappa shape index (κ2) is 5.54. The lowest BCUT2D eigenvalue weighted by molar-refractivity contribution is -0.124. The molecule has 0 spiro atoms. The summed E-state index contributed by atoms with van der Waals surface area (Å²) >= 11 is 0. The maximum atomic E-state index is 11.8. The Balaban J connectivity index is 2.29.